The first-order valence-electron chi connectivity index (χ1n) is 7.02. The standard InChI is InChI=1S/C16H19NO4/c1-2-21-16(19)15(18)8-5-13-3-6-14(7-4-13)17-9-11-20-12-10-17/h3-8H,2,9-12H2,1H3/b8-5+. The van der Waals surface area contributed by atoms with E-state index >= 15 is 0 Å². The molecular formula is C16H19NO4. The lowest BCUT2D eigenvalue weighted by Gasteiger charge is -2.28. The van der Waals surface area contributed by atoms with Gasteiger partial charge in [-0.2, -0.15) is 0 Å². The lowest BCUT2D eigenvalue weighted by atomic mass is 10.1. The summed E-state index contributed by atoms with van der Waals surface area (Å²) in [7, 11) is 0. The molecule has 21 heavy (non-hydrogen) atoms. The SMILES string of the molecule is CCOC(=O)C(=O)/C=C/c1ccc(N2CCOCC2)cc1. The summed E-state index contributed by atoms with van der Waals surface area (Å²) < 4.78 is 9.95. The van der Waals surface area contributed by atoms with Crippen molar-refractivity contribution in [2.75, 3.05) is 37.8 Å². The van der Waals surface area contributed by atoms with Crippen molar-refractivity contribution < 1.29 is 19.1 Å². The zero-order chi connectivity index (χ0) is 15.1. The Hall–Kier alpha value is -2.14. The Kier molecular flexibility index (Phi) is 5.51. The summed E-state index contributed by atoms with van der Waals surface area (Å²) in [4.78, 5) is 24.9. The summed E-state index contributed by atoms with van der Waals surface area (Å²) in [6, 6.07) is 7.83. The molecule has 2 rings (SSSR count). The third-order valence-electron chi connectivity index (χ3n) is 3.17. The second kappa shape index (κ2) is 7.59. The number of morpholine rings is 1. The summed E-state index contributed by atoms with van der Waals surface area (Å²) in [6.07, 6.45) is 2.85. The van der Waals surface area contributed by atoms with Crippen molar-refractivity contribution in [3.8, 4) is 0 Å². The van der Waals surface area contributed by atoms with Crippen LogP contribution < -0.4 is 4.90 Å². The van der Waals surface area contributed by atoms with E-state index in [1.807, 2.05) is 24.3 Å². The minimum Gasteiger partial charge on any atom is -0.460 e. The highest BCUT2D eigenvalue weighted by Gasteiger charge is 2.11. The molecule has 112 valence electrons. The van der Waals surface area contributed by atoms with Crippen molar-refractivity contribution in [3.63, 3.8) is 0 Å². The van der Waals surface area contributed by atoms with Crippen LogP contribution in [0.5, 0.6) is 0 Å². The number of hydrogen-bond donors (Lipinski definition) is 0. The fraction of sp³-hybridized carbons (Fsp3) is 0.375. The third kappa shape index (κ3) is 4.43. The number of carbonyl (C=O) groups excluding carboxylic acids is 2. The van der Waals surface area contributed by atoms with Crippen molar-refractivity contribution in [1.29, 1.82) is 0 Å². The topological polar surface area (TPSA) is 55.8 Å². The molecule has 5 nitrogen and oxygen atoms in total. The molecule has 0 amide bonds. The van der Waals surface area contributed by atoms with Crippen LogP contribution in [0.25, 0.3) is 6.08 Å². The molecule has 0 unspecified atom stereocenters. The van der Waals surface area contributed by atoms with Crippen molar-refractivity contribution in [2.45, 2.75) is 6.92 Å². The highest BCUT2D eigenvalue weighted by molar-refractivity contribution is 6.39. The molecule has 1 heterocycles. The van der Waals surface area contributed by atoms with Gasteiger partial charge in [0.25, 0.3) is 5.78 Å². The smallest absolute Gasteiger partial charge is 0.379 e. The van der Waals surface area contributed by atoms with E-state index in [0.717, 1.165) is 37.6 Å². The monoisotopic (exact) mass is 289 g/mol. The molecule has 0 saturated carbocycles. The second-order valence-corrected chi connectivity index (χ2v) is 4.61. The molecule has 0 N–H and O–H groups in total. The van der Waals surface area contributed by atoms with E-state index in [1.54, 1.807) is 13.0 Å². The molecule has 1 aromatic rings. The van der Waals surface area contributed by atoms with E-state index in [4.69, 9.17) is 4.74 Å². The van der Waals surface area contributed by atoms with E-state index in [1.165, 1.54) is 6.08 Å². The van der Waals surface area contributed by atoms with Crippen LogP contribution in [0.1, 0.15) is 12.5 Å². The van der Waals surface area contributed by atoms with Gasteiger partial charge in [-0.05, 0) is 30.7 Å². The van der Waals surface area contributed by atoms with Crippen LogP contribution in [0.2, 0.25) is 0 Å². The lowest BCUT2D eigenvalue weighted by Crippen LogP contribution is -2.36. The molecule has 0 aliphatic carbocycles. The Morgan fingerprint density at radius 2 is 1.90 bits per heavy atom. The van der Waals surface area contributed by atoms with Gasteiger partial charge in [-0.1, -0.05) is 18.2 Å². The normalized spacial score (nSPS) is 15.2. The van der Waals surface area contributed by atoms with Gasteiger partial charge in [-0.25, -0.2) is 4.79 Å². The first-order valence-corrected chi connectivity index (χ1v) is 7.02. The fourth-order valence-corrected chi connectivity index (χ4v) is 2.06. The van der Waals surface area contributed by atoms with E-state index in [9.17, 15) is 9.59 Å². The molecule has 0 spiro atoms. The van der Waals surface area contributed by atoms with Crippen molar-refractivity contribution in [2.24, 2.45) is 0 Å². The van der Waals surface area contributed by atoms with Gasteiger partial charge in [0.05, 0.1) is 19.8 Å². The maximum Gasteiger partial charge on any atom is 0.379 e. The highest BCUT2D eigenvalue weighted by Crippen LogP contribution is 2.17. The van der Waals surface area contributed by atoms with Crippen LogP contribution in [-0.2, 0) is 19.1 Å². The molecule has 0 radical (unpaired) electrons. The largest absolute Gasteiger partial charge is 0.460 e. The number of ketones is 1. The molecular weight excluding hydrogens is 270 g/mol. The lowest BCUT2D eigenvalue weighted by molar-refractivity contribution is -0.151. The Morgan fingerprint density at radius 1 is 1.24 bits per heavy atom. The summed E-state index contributed by atoms with van der Waals surface area (Å²) in [5.41, 5.74) is 2.00. The van der Waals surface area contributed by atoms with Gasteiger partial charge >= 0.3 is 5.97 Å². The summed E-state index contributed by atoms with van der Waals surface area (Å²) >= 11 is 0. The molecule has 1 aromatic carbocycles. The molecule has 0 atom stereocenters. The van der Waals surface area contributed by atoms with Crippen LogP contribution in [0.3, 0.4) is 0 Å². The van der Waals surface area contributed by atoms with Crippen LogP contribution >= 0.6 is 0 Å². The van der Waals surface area contributed by atoms with Gasteiger partial charge in [0.2, 0.25) is 0 Å². The predicted octanol–water partition coefficient (Wildman–Crippen LogP) is 1.67. The molecule has 5 heteroatoms. The maximum absolute atomic E-state index is 11.4. The van der Waals surface area contributed by atoms with Crippen LogP contribution in [-0.4, -0.2) is 44.7 Å². The maximum atomic E-state index is 11.4. The zero-order valence-corrected chi connectivity index (χ0v) is 12.1. The first kappa shape index (κ1) is 15.3. The zero-order valence-electron chi connectivity index (χ0n) is 12.1. The summed E-state index contributed by atoms with van der Waals surface area (Å²) in [6.45, 7) is 5.13. The van der Waals surface area contributed by atoms with E-state index in [2.05, 4.69) is 9.64 Å². The quantitative estimate of drug-likeness (QED) is 0.469. The number of ether oxygens (including phenoxy) is 2. The molecule has 1 fully saturated rings. The molecule has 1 aliphatic rings. The van der Waals surface area contributed by atoms with Gasteiger partial charge in [-0.15, -0.1) is 0 Å². The van der Waals surface area contributed by atoms with Gasteiger partial charge < -0.3 is 14.4 Å². The van der Waals surface area contributed by atoms with Crippen LogP contribution in [0.15, 0.2) is 30.3 Å². The van der Waals surface area contributed by atoms with Gasteiger partial charge in [0, 0.05) is 18.8 Å². The Balaban J connectivity index is 1.95. The van der Waals surface area contributed by atoms with Crippen molar-refractivity contribution in [1.82, 2.24) is 0 Å². The number of carbonyl (C=O) groups is 2. The highest BCUT2D eigenvalue weighted by atomic mass is 16.5. The number of nitrogens with zero attached hydrogens (tertiary/aromatic N) is 1. The van der Waals surface area contributed by atoms with Gasteiger partial charge in [0.1, 0.15) is 0 Å². The Labute approximate surface area is 124 Å². The molecule has 1 saturated heterocycles. The van der Waals surface area contributed by atoms with E-state index in [-0.39, 0.29) is 6.61 Å². The number of rotatable bonds is 5. The Bertz CT molecular complexity index is 516. The number of anilines is 1. The van der Waals surface area contributed by atoms with Crippen LogP contribution in [0.4, 0.5) is 5.69 Å². The minimum atomic E-state index is -0.821. The van der Waals surface area contributed by atoms with Crippen LogP contribution in [0, 0.1) is 0 Å². The number of esters is 1. The number of benzene rings is 1. The number of hydrogen-bond acceptors (Lipinski definition) is 5. The average molecular weight is 289 g/mol. The van der Waals surface area contributed by atoms with Crippen molar-refractivity contribution in [3.05, 3.63) is 35.9 Å². The Morgan fingerprint density at radius 3 is 2.52 bits per heavy atom. The second-order valence-electron chi connectivity index (χ2n) is 4.61. The third-order valence-corrected chi connectivity index (χ3v) is 3.17. The van der Waals surface area contributed by atoms with E-state index in [0.29, 0.717) is 0 Å². The summed E-state index contributed by atoms with van der Waals surface area (Å²) in [5.74, 6) is -1.47. The summed E-state index contributed by atoms with van der Waals surface area (Å²) in [5, 5.41) is 0. The van der Waals surface area contributed by atoms with Gasteiger partial charge in [-0.3, -0.25) is 4.79 Å². The molecule has 1 aliphatic heterocycles. The minimum absolute atomic E-state index is 0.201. The first-order chi connectivity index (χ1) is 10.2. The molecule has 0 aromatic heterocycles. The fourth-order valence-electron chi connectivity index (χ4n) is 2.06. The van der Waals surface area contributed by atoms with Gasteiger partial charge in [0.15, 0.2) is 0 Å². The van der Waals surface area contributed by atoms with E-state index < -0.39 is 11.8 Å². The molecule has 0 bridgehead atoms. The predicted molar refractivity (Wildman–Crippen MR) is 80.1 cm³/mol. The van der Waals surface area contributed by atoms with Crippen molar-refractivity contribution >= 4 is 23.5 Å². The average Bonchev–Trinajstić information content (AvgIpc) is 2.54.